The molecule has 0 aliphatic rings. The number of carbonyl (C=O) groups excluding carboxylic acids is 1. The van der Waals surface area contributed by atoms with E-state index in [0.717, 1.165) is 17.9 Å². The minimum Gasteiger partial charge on any atom is -0.346 e. The van der Waals surface area contributed by atoms with Gasteiger partial charge in [-0.15, -0.1) is 0 Å². The Morgan fingerprint density at radius 3 is 2.40 bits per heavy atom. The first-order valence-corrected chi connectivity index (χ1v) is 9.37. The molecule has 0 fully saturated rings. The standard InChI is InChI=1S/C13H20N2OS2.C2H6/c1-15(2)8-9-17-18-11-14-13(16)10-12-6-4-3-5-7-12;1-2/h3-7H,8-11H2,1-2H3,(H,14,16);1-2H3. The lowest BCUT2D eigenvalue weighted by atomic mass is 10.1. The summed E-state index contributed by atoms with van der Waals surface area (Å²) in [6.45, 7) is 5.07. The van der Waals surface area contributed by atoms with Gasteiger partial charge in [0.2, 0.25) is 5.91 Å². The second kappa shape index (κ2) is 13.3. The lowest BCUT2D eigenvalue weighted by Gasteiger charge is -2.08. The van der Waals surface area contributed by atoms with E-state index in [9.17, 15) is 4.79 Å². The van der Waals surface area contributed by atoms with Crippen LogP contribution in [0.3, 0.4) is 0 Å². The molecule has 0 spiro atoms. The minimum atomic E-state index is 0.0851. The molecule has 0 atom stereocenters. The zero-order valence-electron chi connectivity index (χ0n) is 12.9. The van der Waals surface area contributed by atoms with E-state index in [1.807, 2.05) is 44.2 Å². The van der Waals surface area contributed by atoms with Gasteiger partial charge in [0.25, 0.3) is 0 Å². The molecule has 3 nitrogen and oxygen atoms in total. The number of hydrogen-bond donors (Lipinski definition) is 1. The largest absolute Gasteiger partial charge is 0.346 e. The van der Waals surface area contributed by atoms with E-state index in [4.69, 9.17) is 0 Å². The smallest absolute Gasteiger partial charge is 0.225 e. The molecule has 1 aromatic rings. The Kier molecular flexibility index (Phi) is 12.9. The van der Waals surface area contributed by atoms with E-state index in [0.29, 0.717) is 12.3 Å². The predicted octanol–water partition coefficient (Wildman–Crippen LogP) is 3.27. The lowest BCUT2D eigenvalue weighted by Crippen LogP contribution is -2.24. The SMILES string of the molecule is CC.CN(C)CCSSCNC(=O)Cc1ccccc1. The molecular formula is C15H26N2OS2. The van der Waals surface area contributed by atoms with Crippen molar-refractivity contribution in [1.82, 2.24) is 10.2 Å². The van der Waals surface area contributed by atoms with Gasteiger partial charge in [-0.3, -0.25) is 4.79 Å². The second-order valence-electron chi connectivity index (χ2n) is 4.15. The van der Waals surface area contributed by atoms with Gasteiger partial charge in [-0.25, -0.2) is 0 Å². The van der Waals surface area contributed by atoms with Crippen LogP contribution in [-0.2, 0) is 11.2 Å². The van der Waals surface area contributed by atoms with Crippen molar-refractivity contribution in [3.8, 4) is 0 Å². The van der Waals surface area contributed by atoms with Crippen molar-refractivity contribution in [3.63, 3.8) is 0 Å². The van der Waals surface area contributed by atoms with Gasteiger partial charge in [-0.2, -0.15) is 0 Å². The fourth-order valence-electron chi connectivity index (χ4n) is 1.27. The second-order valence-corrected chi connectivity index (χ2v) is 6.73. The van der Waals surface area contributed by atoms with E-state index >= 15 is 0 Å². The average molecular weight is 315 g/mol. The third kappa shape index (κ3) is 11.2. The van der Waals surface area contributed by atoms with E-state index in [2.05, 4.69) is 24.3 Å². The average Bonchev–Trinajstić information content (AvgIpc) is 2.45. The van der Waals surface area contributed by atoms with Gasteiger partial charge < -0.3 is 10.2 Å². The summed E-state index contributed by atoms with van der Waals surface area (Å²) < 4.78 is 0. The Hall–Kier alpha value is -0.650. The molecule has 114 valence electrons. The summed E-state index contributed by atoms with van der Waals surface area (Å²) >= 11 is 0. The highest BCUT2D eigenvalue weighted by molar-refractivity contribution is 8.76. The third-order valence-electron chi connectivity index (χ3n) is 2.24. The van der Waals surface area contributed by atoms with Crippen LogP contribution in [0.2, 0.25) is 0 Å². The van der Waals surface area contributed by atoms with Gasteiger partial charge in [0.05, 0.1) is 12.3 Å². The summed E-state index contributed by atoms with van der Waals surface area (Å²) in [5.41, 5.74) is 1.06. The topological polar surface area (TPSA) is 32.3 Å². The Balaban J connectivity index is 0.00000172. The van der Waals surface area contributed by atoms with Crippen LogP contribution in [0.4, 0.5) is 0 Å². The molecule has 0 saturated heterocycles. The highest BCUT2D eigenvalue weighted by Crippen LogP contribution is 2.19. The highest BCUT2D eigenvalue weighted by Gasteiger charge is 2.02. The number of nitrogens with zero attached hydrogens (tertiary/aromatic N) is 1. The van der Waals surface area contributed by atoms with E-state index in [-0.39, 0.29) is 5.91 Å². The van der Waals surface area contributed by atoms with Gasteiger partial charge in [0.1, 0.15) is 0 Å². The molecule has 0 aromatic heterocycles. The monoisotopic (exact) mass is 314 g/mol. The van der Waals surface area contributed by atoms with Crippen LogP contribution in [0, 0.1) is 0 Å². The molecule has 0 unspecified atom stereocenters. The van der Waals surface area contributed by atoms with Crippen LogP contribution < -0.4 is 5.32 Å². The van der Waals surface area contributed by atoms with Crippen LogP contribution in [0.1, 0.15) is 19.4 Å². The van der Waals surface area contributed by atoms with E-state index in [1.54, 1.807) is 21.6 Å². The predicted molar refractivity (Wildman–Crippen MR) is 93.1 cm³/mol. The van der Waals surface area contributed by atoms with Crippen LogP contribution in [0.5, 0.6) is 0 Å². The Morgan fingerprint density at radius 2 is 1.80 bits per heavy atom. The van der Waals surface area contributed by atoms with Crippen molar-refractivity contribution in [3.05, 3.63) is 35.9 Å². The van der Waals surface area contributed by atoms with Crippen LogP contribution >= 0.6 is 21.6 Å². The van der Waals surface area contributed by atoms with Crippen LogP contribution in [-0.4, -0.2) is 43.1 Å². The normalized spacial score (nSPS) is 9.85. The van der Waals surface area contributed by atoms with E-state index in [1.165, 1.54) is 0 Å². The summed E-state index contributed by atoms with van der Waals surface area (Å²) in [7, 11) is 7.61. The molecule has 0 radical (unpaired) electrons. The van der Waals surface area contributed by atoms with Crippen molar-refractivity contribution < 1.29 is 4.79 Å². The molecule has 1 N–H and O–H groups in total. The van der Waals surface area contributed by atoms with Crippen molar-refractivity contribution >= 4 is 27.5 Å². The van der Waals surface area contributed by atoms with Crippen molar-refractivity contribution in [2.24, 2.45) is 0 Å². The van der Waals surface area contributed by atoms with Crippen LogP contribution in [0.15, 0.2) is 30.3 Å². The quantitative estimate of drug-likeness (QED) is 0.453. The molecule has 20 heavy (non-hydrogen) atoms. The number of benzene rings is 1. The zero-order valence-corrected chi connectivity index (χ0v) is 14.5. The maximum atomic E-state index is 11.6. The van der Waals surface area contributed by atoms with Crippen molar-refractivity contribution in [2.45, 2.75) is 20.3 Å². The first kappa shape index (κ1) is 19.4. The van der Waals surface area contributed by atoms with Gasteiger partial charge >= 0.3 is 0 Å². The first-order chi connectivity index (χ1) is 9.68. The number of hydrogen-bond acceptors (Lipinski definition) is 4. The van der Waals surface area contributed by atoms with Crippen molar-refractivity contribution in [1.29, 1.82) is 0 Å². The van der Waals surface area contributed by atoms with Crippen molar-refractivity contribution in [2.75, 3.05) is 32.3 Å². The molecule has 1 aromatic carbocycles. The van der Waals surface area contributed by atoms with Gasteiger partial charge in [0, 0.05) is 12.3 Å². The fourth-order valence-corrected chi connectivity index (χ4v) is 3.14. The van der Waals surface area contributed by atoms with Gasteiger partial charge in [-0.05, 0) is 19.7 Å². The fraction of sp³-hybridized carbons (Fsp3) is 0.533. The van der Waals surface area contributed by atoms with E-state index < -0.39 is 0 Å². The molecular weight excluding hydrogens is 288 g/mol. The zero-order chi connectivity index (χ0) is 15.2. The molecule has 1 amide bonds. The van der Waals surface area contributed by atoms with Gasteiger partial charge in [0.15, 0.2) is 0 Å². The Bertz CT molecular complexity index is 345. The Labute approximate surface area is 131 Å². The summed E-state index contributed by atoms with van der Waals surface area (Å²) in [6, 6.07) is 9.80. The number of carbonyl (C=O) groups is 1. The third-order valence-corrected chi connectivity index (χ3v) is 4.37. The molecule has 0 aliphatic heterocycles. The summed E-state index contributed by atoms with van der Waals surface area (Å²) in [5.74, 6) is 1.83. The van der Waals surface area contributed by atoms with Gasteiger partial charge in [-0.1, -0.05) is 65.8 Å². The number of rotatable bonds is 8. The number of nitrogens with one attached hydrogen (secondary N) is 1. The molecule has 1 rings (SSSR count). The highest BCUT2D eigenvalue weighted by atomic mass is 33.1. The summed E-state index contributed by atoms with van der Waals surface area (Å²) in [5, 5.41) is 2.91. The maximum absolute atomic E-state index is 11.6. The minimum absolute atomic E-state index is 0.0851. The molecule has 0 saturated carbocycles. The van der Waals surface area contributed by atoms with Crippen LogP contribution in [0.25, 0.3) is 0 Å². The first-order valence-electron chi connectivity index (χ1n) is 6.88. The maximum Gasteiger partial charge on any atom is 0.225 e. The summed E-state index contributed by atoms with van der Waals surface area (Å²) in [6.07, 6.45) is 0.462. The summed E-state index contributed by atoms with van der Waals surface area (Å²) in [4.78, 5) is 13.8. The molecule has 0 aliphatic carbocycles. The molecule has 0 bridgehead atoms. The molecule has 5 heteroatoms. The molecule has 0 heterocycles. The Morgan fingerprint density at radius 1 is 1.15 bits per heavy atom. The lowest BCUT2D eigenvalue weighted by molar-refractivity contribution is -0.120. The number of amides is 1.